The van der Waals surface area contributed by atoms with Crippen molar-refractivity contribution in [2.75, 3.05) is 13.1 Å². The Morgan fingerprint density at radius 3 is 2.68 bits per heavy atom. The number of hydrogen-bond donors (Lipinski definition) is 1. The lowest BCUT2D eigenvalue weighted by molar-refractivity contribution is 0.144. The summed E-state index contributed by atoms with van der Waals surface area (Å²) in [5, 5.41) is 4.58. The van der Waals surface area contributed by atoms with Crippen LogP contribution in [0.3, 0.4) is 0 Å². The van der Waals surface area contributed by atoms with Crippen molar-refractivity contribution in [1.82, 2.24) is 10.3 Å². The Morgan fingerprint density at radius 1 is 1.18 bits per heavy atom. The van der Waals surface area contributed by atoms with Crippen LogP contribution in [0.5, 0.6) is 5.75 Å². The smallest absolute Gasteiger partial charge is 0.158 e. The molecule has 1 aliphatic heterocycles. The number of ether oxygens (including phenoxy) is 1. The van der Waals surface area contributed by atoms with Crippen molar-refractivity contribution >= 4 is 34.8 Å². The van der Waals surface area contributed by atoms with Crippen LogP contribution in [-0.4, -0.2) is 18.1 Å². The molecule has 0 saturated carbocycles. The number of nitrogens with one attached hydrogen (secondary N) is 1. The number of pyridine rings is 1. The molecular weight excluding hydrogens is 343 g/mol. The first-order valence-electron chi connectivity index (χ1n) is 7.07. The van der Waals surface area contributed by atoms with Crippen LogP contribution in [0.2, 0.25) is 15.1 Å². The highest BCUT2D eigenvalue weighted by molar-refractivity contribution is 6.44. The topological polar surface area (TPSA) is 34.1 Å². The number of nitrogens with zero attached hydrogens (tertiary/aromatic N) is 1. The first-order valence-corrected chi connectivity index (χ1v) is 8.21. The monoisotopic (exact) mass is 356 g/mol. The van der Waals surface area contributed by atoms with Gasteiger partial charge in [0.2, 0.25) is 0 Å². The molecule has 1 N–H and O–H groups in total. The number of hydrogen-bond acceptors (Lipinski definition) is 3. The first-order chi connectivity index (χ1) is 10.7. The molecule has 1 fully saturated rings. The van der Waals surface area contributed by atoms with E-state index in [1.54, 1.807) is 18.3 Å². The van der Waals surface area contributed by atoms with Crippen LogP contribution < -0.4 is 10.1 Å². The molecule has 1 saturated heterocycles. The molecule has 0 unspecified atom stereocenters. The van der Waals surface area contributed by atoms with Crippen molar-refractivity contribution < 1.29 is 4.74 Å². The minimum Gasteiger partial charge on any atom is -0.482 e. The number of rotatable bonds is 4. The summed E-state index contributed by atoms with van der Waals surface area (Å²) in [6.45, 7) is 1.86. The van der Waals surface area contributed by atoms with Gasteiger partial charge in [-0.1, -0.05) is 40.9 Å². The normalized spacial score (nSPS) is 19.1. The summed E-state index contributed by atoms with van der Waals surface area (Å²) in [6, 6.07) is 7.26. The van der Waals surface area contributed by atoms with E-state index < -0.39 is 0 Å². The second kappa shape index (κ2) is 7.05. The van der Waals surface area contributed by atoms with E-state index in [4.69, 9.17) is 39.5 Å². The van der Waals surface area contributed by atoms with E-state index in [1.807, 2.05) is 18.3 Å². The van der Waals surface area contributed by atoms with Gasteiger partial charge >= 0.3 is 0 Å². The van der Waals surface area contributed by atoms with Gasteiger partial charge in [-0.2, -0.15) is 0 Å². The average Bonchev–Trinajstić information content (AvgIpc) is 3.06. The predicted octanol–water partition coefficient (Wildman–Crippen LogP) is 4.77. The van der Waals surface area contributed by atoms with Crippen LogP contribution in [0.1, 0.15) is 18.1 Å². The Hall–Kier alpha value is -1.00. The third-order valence-electron chi connectivity index (χ3n) is 3.79. The molecule has 1 aliphatic rings. The van der Waals surface area contributed by atoms with E-state index in [1.165, 1.54) is 0 Å². The first kappa shape index (κ1) is 15.9. The van der Waals surface area contributed by atoms with Gasteiger partial charge in [0, 0.05) is 30.4 Å². The van der Waals surface area contributed by atoms with E-state index in [9.17, 15) is 0 Å². The number of benzene rings is 1. The molecule has 2 aromatic rings. The highest BCUT2D eigenvalue weighted by Crippen LogP contribution is 2.42. The zero-order valence-electron chi connectivity index (χ0n) is 11.7. The minimum atomic E-state index is -0.169. The summed E-state index contributed by atoms with van der Waals surface area (Å²) in [5.41, 5.74) is 1.00. The predicted molar refractivity (Wildman–Crippen MR) is 90.1 cm³/mol. The second-order valence-electron chi connectivity index (χ2n) is 5.25. The third-order valence-corrected chi connectivity index (χ3v) is 4.87. The Balaban J connectivity index is 1.95. The van der Waals surface area contributed by atoms with Crippen LogP contribution in [0.4, 0.5) is 0 Å². The molecule has 1 aromatic carbocycles. The number of halogens is 3. The van der Waals surface area contributed by atoms with Crippen molar-refractivity contribution in [3.05, 3.63) is 57.3 Å². The lowest BCUT2D eigenvalue weighted by atomic mass is 9.96. The molecule has 3 rings (SSSR count). The van der Waals surface area contributed by atoms with Crippen molar-refractivity contribution in [1.29, 1.82) is 0 Å². The molecule has 0 radical (unpaired) electrons. The maximum absolute atomic E-state index is 6.26. The summed E-state index contributed by atoms with van der Waals surface area (Å²) in [6.07, 6.45) is 4.41. The molecule has 0 bridgehead atoms. The fourth-order valence-electron chi connectivity index (χ4n) is 2.66. The fraction of sp³-hybridized carbons (Fsp3) is 0.312. The van der Waals surface area contributed by atoms with Gasteiger partial charge in [-0.15, -0.1) is 0 Å². The van der Waals surface area contributed by atoms with Crippen LogP contribution >= 0.6 is 34.8 Å². The summed E-state index contributed by atoms with van der Waals surface area (Å²) in [5.74, 6) is 0.756. The van der Waals surface area contributed by atoms with E-state index >= 15 is 0 Å². The Kier molecular flexibility index (Phi) is 5.09. The SMILES string of the molecule is Clc1ccc(Cl)c(O[C@@H](c2cccnc2)[C@H]2CCNC2)c1Cl. The summed E-state index contributed by atoms with van der Waals surface area (Å²) >= 11 is 18.6. The zero-order valence-corrected chi connectivity index (χ0v) is 14.0. The van der Waals surface area contributed by atoms with Crippen LogP contribution in [-0.2, 0) is 0 Å². The molecule has 22 heavy (non-hydrogen) atoms. The molecule has 116 valence electrons. The van der Waals surface area contributed by atoms with Gasteiger partial charge in [0.05, 0.1) is 10.0 Å². The van der Waals surface area contributed by atoms with E-state index in [-0.39, 0.29) is 6.10 Å². The maximum Gasteiger partial charge on any atom is 0.158 e. The molecule has 2 atom stereocenters. The van der Waals surface area contributed by atoms with Gasteiger partial charge in [0.1, 0.15) is 11.1 Å². The number of aromatic nitrogens is 1. The van der Waals surface area contributed by atoms with Gasteiger partial charge in [0.25, 0.3) is 0 Å². The summed E-state index contributed by atoms with van der Waals surface area (Å²) < 4.78 is 6.20. The average molecular weight is 358 g/mol. The van der Waals surface area contributed by atoms with Crippen LogP contribution in [0.25, 0.3) is 0 Å². The molecule has 0 amide bonds. The second-order valence-corrected chi connectivity index (χ2v) is 6.44. The molecule has 1 aromatic heterocycles. The summed E-state index contributed by atoms with van der Waals surface area (Å²) in [7, 11) is 0. The minimum absolute atomic E-state index is 0.169. The van der Waals surface area contributed by atoms with E-state index in [0.717, 1.165) is 25.1 Å². The van der Waals surface area contributed by atoms with E-state index in [2.05, 4.69) is 10.3 Å². The molecular formula is C16H15Cl3N2O. The van der Waals surface area contributed by atoms with Crippen molar-refractivity contribution in [3.63, 3.8) is 0 Å². The Morgan fingerprint density at radius 2 is 2.00 bits per heavy atom. The molecule has 6 heteroatoms. The summed E-state index contributed by atoms with van der Waals surface area (Å²) in [4.78, 5) is 4.19. The maximum atomic E-state index is 6.26. The Labute approximate surface area is 144 Å². The standard InChI is InChI=1S/C16H15Cl3N2O/c17-12-3-4-13(18)16(14(12)19)22-15(11-5-7-21-9-11)10-2-1-6-20-8-10/h1-4,6,8,11,15,21H,5,7,9H2/t11-,15-/m0/s1. The molecule has 0 aliphatic carbocycles. The lowest BCUT2D eigenvalue weighted by Gasteiger charge is -2.25. The molecule has 0 spiro atoms. The Bertz CT molecular complexity index is 645. The van der Waals surface area contributed by atoms with Gasteiger partial charge in [-0.25, -0.2) is 0 Å². The van der Waals surface area contributed by atoms with E-state index in [0.29, 0.717) is 26.7 Å². The molecule has 3 nitrogen and oxygen atoms in total. The zero-order chi connectivity index (χ0) is 15.5. The highest BCUT2D eigenvalue weighted by atomic mass is 35.5. The lowest BCUT2D eigenvalue weighted by Crippen LogP contribution is -2.21. The third kappa shape index (κ3) is 3.33. The van der Waals surface area contributed by atoms with Crippen molar-refractivity contribution in [3.8, 4) is 5.75 Å². The highest BCUT2D eigenvalue weighted by Gasteiger charge is 2.29. The van der Waals surface area contributed by atoms with Crippen molar-refractivity contribution in [2.24, 2.45) is 5.92 Å². The van der Waals surface area contributed by atoms with Gasteiger partial charge in [-0.05, 0) is 31.2 Å². The largest absolute Gasteiger partial charge is 0.482 e. The van der Waals surface area contributed by atoms with Crippen LogP contribution in [0, 0.1) is 5.92 Å². The quantitative estimate of drug-likeness (QED) is 0.800. The van der Waals surface area contributed by atoms with Gasteiger partial charge < -0.3 is 10.1 Å². The van der Waals surface area contributed by atoms with Crippen molar-refractivity contribution in [2.45, 2.75) is 12.5 Å². The van der Waals surface area contributed by atoms with Gasteiger partial charge in [-0.3, -0.25) is 4.98 Å². The molecule has 2 heterocycles. The van der Waals surface area contributed by atoms with Crippen LogP contribution in [0.15, 0.2) is 36.7 Å². The fourth-order valence-corrected chi connectivity index (χ4v) is 3.27. The van der Waals surface area contributed by atoms with Gasteiger partial charge in [0.15, 0.2) is 5.75 Å².